The van der Waals surface area contributed by atoms with Gasteiger partial charge in [-0.2, -0.15) is 10.4 Å². The highest BCUT2D eigenvalue weighted by atomic mass is 16.6. The lowest BCUT2D eigenvalue weighted by atomic mass is 10.1. The number of anilines is 2. The van der Waals surface area contributed by atoms with Gasteiger partial charge in [-0.1, -0.05) is 6.07 Å². The van der Waals surface area contributed by atoms with E-state index < -0.39 is 10.5 Å². The summed E-state index contributed by atoms with van der Waals surface area (Å²) in [4.78, 5) is 14.7. The van der Waals surface area contributed by atoms with Crippen LogP contribution in [0.2, 0.25) is 0 Å². The molecular formula is C19H18N6O2. The van der Waals surface area contributed by atoms with Crippen molar-refractivity contribution in [2.24, 2.45) is 0 Å². The predicted octanol–water partition coefficient (Wildman–Crippen LogP) is 4.22. The molecule has 0 atom stereocenters. The van der Waals surface area contributed by atoms with Crippen LogP contribution in [0.25, 0.3) is 11.3 Å². The number of pyridine rings is 1. The van der Waals surface area contributed by atoms with Crippen LogP contribution in [0.15, 0.2) is 48.7 Å². The molecular weight excluding hydrogens is 344 g/mol. The number of non-ortho nitro benzene ring substituents is 1. The summed E-state index contributed by atoms with van der Waals surface area (Å²) < 4.78 is 1.73. The fourth-order valence-corrected chi connectivity index (χ4v) is 2.63. The van der Waals surface area contributed by atoms with Crippen LogP contribution >= 0.6 is 0 Å². The maximum atomic E-state index is 10.9. The van der Waals surface area contributed by atoms with E-state index in [0.29, 0.717) is 28.5 Å². The van der Waals surface area contributed by atoms with Crippen LogP contribution in [0.3, 0.4) is 0 Å². The van der Waals surface area contributed by atoms with Crippen molar-refractivity contribution in [3.8, 4) is 17.3 Å². The summed E-state index contributed by atoms with van der Waals surface area (Å²) in [6.07, 6.45) is 1.66. The first-order valence-electron chi connectivity index (χ1n) is 8.28. The minimum Gasteiger partial charge on any atom is -0.324 e. The minimum absolute atomic E-state index is 0.0145. The van der Waals surface area contributed by atoms with Crippen LogP contribution in [-0.2, 0) is 5.54 Å². The van der Waals surface area contributed by atoms with Crippen LogP contribution < -0.4 is 5.32 Å². The molecule has 0 fully saturated rings. The Morgan fingerprint density at radius 2 is 1.89 bits per heavy atom. The molecule has 0 spiro atoms. The molecule has 3 rings (SSSR count). The Balaban J connectivity index is 2.15. The van der Waals surface area contributed by atoms with Crippen molar-refractivity contribution in [2.45, 2.75) is 26.3 Å². The van der Waals surface area contributed by atoms with Gasteiger partial charge in [-0.25, -0.2) is 9.67 Å². The van der Waals surface area contributed by atoms with Gasteiger partial charge in [0.15, 0.2) is 0 Å². The normalized spacial score (nSPS) is 11.0. The fourth-order valence-electron chi connectivity index (χ4n) is 2.63. The van der Waals surface area contributed by atoms with Gasteiger partial charge in [0.2, 0.25) is 0 Å². The number of rotatable bonds is 4. The molecule has 1 N–H and O–H groups in total. The number of nitrogens with zero attached hydrogens (tertiary/aromatic N) is 5. The second-order valence-corrected chi connectivity index (χ2v) is 6.91. The Morgan fingerprint density at radius 3 is 2.41 bits per heavy atom. The van der Waals surface area contributed by atoms with Gasteiger partial charge in [-0.05, 0) is 45.0 Å². The zero-order valence-electron chi connectivity index (χ0n) is 15.2. The van der Waals surface area contributed by atoms with Gasteiger partial charge in [-0.15, -0.1) is 0 Å². The standard InChI is InChI=1S/C19H18N6O2/c1-19(2,3)24-18(22-16-6-4-5-11-21-16)15(12-20)17(23-24)13-7-9-14(10-8-13)25(26)27/h4-11H,1-3H3,(H,21,22). The van der Waals surface area contributed by atoms with Crippen LogP contribution in [0.4, 0.5) is 17.3 Å². The van der Waals surface area contributed by atoms with E-state index >= 15 is 0 Å². The molecule has 0 amide bonds. The first kappa shape index (κ1) is 18.1. The van der Waals surface area contributed by atoms with Gasteiger partial charge >= 0.3 is 0 Å². The SMILES string of the molecule is CC(C)(C)n1nc(-c2ccc([N+](=O)[O-])cc2)c(C#N)c1Nc1ccccn1. The Bertz CT molecular complexity index is 1010. The maximum absolute atomic E-state index is 10.9. The monoisotopic (exact) mass is 362 g/mol. The number of nitriles is 1. The summed E-state index contributed by atoms with van der Waals surface area (Å²) in [5, 5.41) is 28.5. The largest absolute Gasteiger partial charge is 0.324 e. The lowest BCUT2D eigenvalue weighted by Gasteiger charge is -2.22. The van der Waals surface area contributed by atoms with E-state index in [4.69, 9.17) is 0 Å². The third kappa shape index (κ3) is 3.62. The summed E-state index contributed by atoms with van der Waals surface area (Å²) in [5.41, 5.74) is 1.02. The first-order chi connectivity index (χ1) is 12.8. The quantitative estimate of drug-likeness (QED) is 0.549. The highest BCUT2D eigenvalue weighted by molar-refractivity contribution is 5.76. The van der Waals surface area contributed by atoms with E-state index in [1.165, 1.54) is 12.1 Å². The van der Waals surface area contributed by atoms with E-state index in [1.807, 2.05) is 26.8 Å². The Kier molecular flexibility index (Phi) is 4.60. The third-order valence-electron chi connectivity index (χ3n) is 3.90. The molecule has 0 aliphatic heterocycles. The van der Waals surface area contributed by atoms with Crippen molar-refractivity contribution in [3.63, 3.8) is 0 Å². The molecule has 27 heavy (non-hydrogen) atoms. The molecule has 1 aromatic carbocycles. The summed E-state index contributed by atoms with van der Waals surface area (Å²) in [6, 6.07) is 13.6. The molecule has 0 aliphatic rings. The lowest BCUT2D eigenvalue weighted by molar-refractivity contribution is -0.384. The van der Waals surface area contributed by atoms with Crippen molar-refractivity contribution >= 4 is 17.3 Å². The number of hydrogen-bond donors (Lipinski definition) is 1. The molecule has 2 heterocycles. The van der Waals surface area contributed by atoms with Gasteiger partial charge in [0.1, 0.15) is 29.0 Å². The number of hydrogen-bond acceptors (Lipinski definition) is 6. The van der Waals surface area contributed by atoms with Crippen molar-refractivity contribution in [2.75, 3.05) is 5.32 Å². The Hall–Kier alpha value is -3.73. The number of benzene rings is 1. The summed E-state index contributed by atoms with van der Waals surface area (Å²) in [7, 11) is 0. The Labute approximate surface area is 156 Å². The number of nitro benzene ring substituents is 1. The Morgan fingerprint density at radius 1 is 1.19 bits per heavy atom. The second kappa shape index (κ2) is 6.88. The molecule has 136 valence electrons. The van der Waals surface area contributed by atoms with E-state index in [0.717, 1.165) is 0 Å². The van der Waals surface area contributed by atoms with Crippen LogP contribution in [0, 0.1) is 21.4 Å². The molecule has 0 saturated carbocycles. The topological polar surface area (TPSA) is 110 Å². The van der Waals surface area contributed by atoms with Crippen molar-refractivity contribution in [3.05, 3.63) is 64.3 Å². The van der Waals surface area contributed by atoms with Gasteiger partial charge < -0.3 is 5.32 Å². The molecule has 0 radical (unpaired) electrons. The number of nitro groups is 1. The van der Waals surface area contributed by atoms with Gasteiger partial charge in [-0.3, -0.25) is 10.1 Å². The molecule has 0 unspecified atom stereocenters. The molecule has 2 aromatic heterocycles. The van der Waals surface area contributed by atoms with Crippen molar-refractivity contribution in [1.29, 1.82) is 5.26 Å². The molecule has 0 aliphatic carbocycles. The first-order valence-corrected chi connectivity index (χ1v) is 8.28. The zero-order chi connectivity index (χ0) is 19.6. The van der Waals surface area contributed by atoms with Crippen molar-refractivity contribution in [1.82, 2.24) is 14.8 Å². The number of nitrogens with one attached hydrogen (secondary N) is 1. The second-order valence-electron chi connectivity index (χ2n) is 6.91. The van der Waals surface area contributed by atoms with E-state index in [9.17, 15) is 15.4 Å². The van der Waals surface area contributed by atoms with E-state index in [1.54, 1.807) is 35.1 Å². The smallest absolute Gasteiger partial charge is 0.269 e. The highest BCUT2D eigenvalue weighted by Crippen LogP contribution is 2.34. The summed E-state index contributed by atoms with van der Waals surface area (Å²) in [5.74, 6) is 1.12. The molecule has 0 saturated heterocycles. The van der Waals surface area contributed by atoms with E-state index in [-0.39, 0.29) is 5.69 Å². The van der Waals surface area contributed by atoms with Crippen LogP contribution in [-0.4, -0.2) is 19.7 Å². The molecule has 8 nitrogen and oxygen atoms in total. The minimum atomic E-state index is -0.462. The van der Waals surface area contributed by atoms with Gasteiger partial charge in [0, 0.05) is 23.9 Å². The van der Waals surface area contributed by atoms with E-state index in [2.05, 4.69) is 21.5 Å². The average molecular weight is 362 g/mol. The molecule has 8 heteroatoms. The summed E-state index contributed by atoms with van der Waals surface area (Å²) >= 11 is 0. The number of aromatic nitrogens is 3. The summed E-state index contributed by atoms with van der Waals surface area (Å²) in [6.45, 7) is 5.93. The lowest BCUT2D eigenvalue weighted by Crippen LogP contribution is -2.24. The third-order valence-corrected chi connectivity index (χ3v) is 3.90. The zero-order valence-corrected chi connectivity index (χ0v) is 15.2. The van der Waals surface area contributed by atoms with Crippen LogP contribution in [0.5, 0.6) is 0 Å². The highest BCUT2D eigenvalue weighted by Gasteiger charge is 2.26. The molecule has 3 aromatic rings. The maximum Gasteiger partial charge on any atom is 0.269 e. The van der Waals surface area contributed by atoms with Gasteiger partial charge in [0.05, 0.1) is 10.5 Å². The molecule has 0 bridgehead atoms. The predicted molar refractivity (Wildman–Crippen MR) is 102 cm³/mol. The average Bonchev–Trinajstić information content (AvgIpc) is 3.01. The van der Waals surface area contributed by atoms with Crippen LogP contribution in [0.1, 0.15) is 26.3 Å². The fraction of sp³-hybridized carbons (Fsp3) is 0.211. The van der Waals surface area contributed by atoms with Crippen molar-refractivity contribution < 1.29 is 4.92 Å². The van der Waals surface area contributed by atoms with Gasteiger partial charge in [0.25, 0.3) is 5.69 Å².